The Morgan fingerprint density at radius 3 is 2.42 bits per heavy atom. The number of primary amides is 1. The van der Waals surface area contributed by atoms with E-state index in [4.69, 9.17) is 26.8 Å². The zero-order chi connectivity index (χ0) is 22.2. The Hall–Kier alpha value is -3.95. The summed E-state index contributed by atoms with van der Waals surface area (Å²) in [6, 6.07) is 19.7. The highest BCUT2D eigenvalue weighted by Crippen LogP contribution is 2.36. The number of ether oxygens (including phenoxy) is 2. The molecule has 31 heavy (non-hydrogen) atoms. The Morgan fingerprint density at radius 1 is 1.00 bits per heavy atom. The van der Waals surface area contributed by atoms with Crippen LogP contribution in [0.25, 0.3) is 0 Å². The largest absolute Gasteiger partial charge is 0.493 e. The third kappa shape index (κ3) is 6.01. The molecule has 3 rings (SSSR count). The fourth-order valence-electron chi connectivity index (χ4n) is 2.68. The smallest absolute Gasteiger partial charge is 0.255 e. The van der Waals surface area contributed by atoms with E-state index in [1.165, 1.54) is 19.2 Å². The molecule has 3 aromatic carbocycles. The highest BCUT2D eigenvalue weighted by molar-refractivity contribution is 6.32. The van der Waals surface area contributed by atoms with Crippen LogP contribution in [0.1, 0.15) is 21.5 Å². The van der Waals surface area contributed by atoms with Crippen molar-refractivity contribution in [2.45, 2.75) is 0 Å². The molecule has 0 aliphatic heterocycles. The van der Waals surface area contributed by atoms with Crippen LogP contribution in [0.15, 0.2) is 66.7 Å². The first kappa shape index (κ1) is 21.8. The average Bonchev–Trinajstić information content (AvgIpc) is 2.77. The van der Waals surface area contributed by atoms with E-state index >= 15 is 0 Å². The molecule has 0 aliphatic carbocycles. The lowest BCUT2D eigenvalue weighted by Crippen LogP contribution is -2.20. The summed E-state index contributed by atoms with van der Waals surface area (Å²) in [5.74, 6) is 5.45. The quantitative estimate of drug-likeness (QED) is 0.576. The number of anilines is 1. The van der Waals surface area contributed by atoms with Gasteiger partial charge in [-0.2, -0.15) is 0 Å². The number of hydrogen-bond donors (Lipinski definition) is 2. The Kier molecular flexibility index (Phi) is 7.15. The lowest BCUT2D eigenvalue weighted by molar-refractivity contribution is -0.119. The third-order valence-corrected chi connectivity index (χ3v) is 4.38. The van der Waals surface area contributed by atoms with Gasteiger partial charge in [0.05, 0.1) is 12.1 Å². The first-order valence-electron chi connectivity index (χ1n) is 9.23. The molecule has 3 aromatic rings. The number of hydrogen-bond acceptors (Lipinski definition) is 4. The van der Waals surface area contributed by atoms with Gasteiger partial charge < -0.3 is 20.5 Å². The summed E-state index contributed by atoms with van der Waals surface area (Å²) < 4.78 is 10.5. The molecule has 156 valence electrons. The number of methoxy groups -OCH3 is 1. The summed E-state index contributed by atoms with van der Waals surface area (Å²) >= 11 is 6.21. The second-order valence-electron chi connectivity index (χ2n) is 6.40. The van der Waals surface area contributed by atoms with Gasteiger partial charge in [-0.15, -0.1) is 0 Å². The molecule has 0 aromatic heterocycles. The lowest BCUT2D eigenvalue weighted by Gasteiger charge is -2.13. The minimum Gasteiger partial charge on any atom is -0.493 e. The van der Waals surface area contributed by atoms with E-state index in [0.717, 1.165) is 11.1 Å². The van der Waals surface area contributed by atoms with Crippen LogP contribution in [-0.4, -0.2) is 25.5 Å². The standard InChI is InChI=1S/C24H19ClN2O4/c1-30-21-14-18(13-20(25)23(21)31-15-22(26)28)24(29)27-19-9-5-8-17(12-19)11-10-16-6-3-2-4-7-16/h2-9,12-14H,15H2,1H3,(H2,26,28)(H,27,29). The molecular weight excluding hydrogens is 416 g/mol. The molecule has 7 heteroatoms. The SMILES string of the molecule is COc1cc(C(=O)Nc2cccc(C#Cc3ccccc3)c2)cc(Cl)c1OCC(N)=O. The molecule has 0 saturated carbocycles. The first-order chi connectivity index (χ1) is 15.0. The summed E-state index contributed by atoms with van der Waals surface area (Å²) in [6.07, 6.45) is 0. The van der Waals surface area contributed by atoms with Crippen LogP contribution >= 0.6 is 11.6 Å². The zero-order valence-electron chi connectivity index (χ0n) is 16.6. The molecule has 0 aliphatic rings. The highest BCUT2D eigenvalue weighted by atomic mass is 35.5. The summed E-state index contributed by atoms with van der Waals surface area (Å²) in [5, 5.41) is 2.93. The Morgan fingerprint density at radius 2 is 1.71 bits per heavy atom. The van der Waals surface area contributed by atoms with Crippen molar-refractivity contribution in [3.8, 4) is 23.3 Å². The third-order valence-electron chi connectivity index (χ3n) is 4.10. The molecule has 0 atom stereocenters. The molecule has 6 nitrogen and oxygen atoms in total. The maximum Gasteiger partial charge on any atom is 0.255 e. The maximum atomic E-state index is 12.7. The van der Waals surface area contributed by atoms with Crippen molar-refractivity contribution in [3.63, 3.8) is 0 Å². The van der Waals surface area contributed by atoms with Crippen molar-refractivity contribution in [1.29, 1.82) is 0 Å². The summed E-state index contributed by atoms with van der Waals surface area (Å²) in [5.41, 5.74) is 7.58. The molecular formula is C24H19ClN2O4. The van der Waals surface area contributed by atoms with Crippen LogP contribution < -0.4 is 20.5 Å². The molecule has 0 fully saturated rings. The van der Waals surface area contributed by atoms with Gasteiger partial charge in [0, 0.05) is 22.4 Å². The van der Waals surface area contributed by atoms with Gasteiger partial charge in [0.2, 0.25) is 0 Å². The lowest BCUT2D eigenvalue weighted by atomic mass is 10.1. The molecule has 3 N–H and O–H groups in total. The van der Waals surface area contributed by atoms with Crippen LogP contribution in [0, 0.1) is 11.8 Å². The zero-order valence-corrected chi connectivity index (χ0v) is 17.4. The van der Waals surface area contributed by atoms with Crippen molar-refractivity contribution in [3.05, 3.63) is 88.4 Å². The van der Waals surface area contributed by atoms with Crippen LogP contribution in [-0.2, 0) is 4.79 Å². The van der Waals surface area contributed by atoms with Gasteiger partial charge in [0.1, 0.15) is 0 Å². The summed E-state index contributed by atoms with van der Waals surface area (Å²) in [6.45, 7) is -0.363. The van der Waals surface area contributed by atoms with E-state index in [1.807, 2.05) is 36.4 Å². The van der Waals surface area contributed by atoms with Crippen molar-refractivity contribution in [2.75, 3.05) is 19.0 Å². The number of nitrogens with two attached hydrogens (primary N) is 1. The van der Waals surface area contributed by atoms with Gasteiger partial charge in [-0.25, -0.2) is 0 Å². The van der Waals surface area contributed by atoms with Gasteiger partial charge in [-0.3, -0.25) is 9.59 Å². The normalized spacial score (nSPS) is 9.87. The Bertz CT molecular complexity index is 1170. The molecule has 0 spiro atoms. The fourth-order valence-corrected chi connectivity index (χ4v) is 2.94. The fraction of sp³-hybridized carbons (Fsp3) is 0.0833. The summed E-state index contributed by atoms with van der Waals surface area (Å²) in [4.78, 5) is 23.7. The van der Waals surface area contributed by atoms with Gasteiger partial charge >= 0.3 is 0 Å². The van der Waals surface area contributed by atoms with Crippen molar-refractivity contribution >= 4 is 29.1 Å². The number of halogens is 1. The van der Waals surface area contributed by atoms with E-state index < -0.39 is 11.8 Å². The number of rotatable bonds is 6. The second-order valence-corrected chi connectivity index (χ2v) is 6.80. The van der Waals surface area contributed by atoms with Crippen molar-refractivity contribution in [1.82, 2.24) is 0 Å². The number of nitrogens with one attached hydrogen (secondary N) is 1. The average molecular weight is 435 g/mol. The van der Waals surface area contributed by atoms with Crippen molar-refractivity contribution in [2.24, 2.45) is 5.73 Å². The molecule has 0 unspecified atom stereocenters. The number of carbonyl (C=O) groups excluding carboxylic acids is 2. The topological polar surface area (TPSA) is 90.7 Å². The predicted octanol–water partition coefficient (Wildman–Crippen LogP) is 3.86. The van der Waals surface area contributed by atoms with Crippen molar-refractivity contribution < 1.29 is 19.1 Å². The molecule has 0 saturated heterocycles. The molecule has 0 bridgehead atoms. The first-order valence-corrected chi connectivity index (χ1v) is 9.61. The van der Waals surface area contributed by atoms with Gasteiger partial charge in [0.15, 0.2) is 18.1 Å². The van der Waals surface area contributed by atoms with Gasteiger partial charge in [0.25, 0.3) is 11.8 Å². The maximum absolute atomic E-state index is 12.7. The van der Waals surface area contributed by atoms with Gasteiger partial charge in [-0.1, -0.05) is 47.7 Å². The minimum atomic E-state index is -0.657. The predicted molar refractivity (Wildman–Crippen MR) is 120 cm³/mol. The number of benzene rings is 3. The second kappa shape index (κ2) is 10.2. The van der Waals surface area contributed by atoms with E-state index in [1.54, 1.807) is 18.2 Å². The molecule has 0 radical (unpaired) electrons. The molecule has 2 amide bonds. The Balaban J connectivity index is 1.78. The van der Waals surface area contributed by atoms with Crippen LogP contribution in [0.4, 0.5) is 5.69 Å². The van der Waals surface area contributed by atoms with E-state index in [9.17, 15) is 9.59 Å². The van der Waals surface area contributed by atoms with Crippen LogP contribution in [0.3, 0.4) is 0 Å². The van der Waals surface area contributed by atoms with E-state index in [0.29, 0.717) is 5.69 Å². The number of amides is 2. The Labute approximate surface area is 184 Å². The van der Waals surface area contributed by atoms with E-state index in [-0.39, 0.29) is 28.7 Å². The van der Waals surface area contributed by atoms with Gasteiger partial charge in [-0.05, 0) is 42.5 Å². The minimum absolute atomic E-state index is 0.119. The monoisotopic (exact) mass is 434 g/mol. The molecule has 0 heterocycles. The van der Waals surface area contributed by atoms with E-state index in [2.05, 4.69) is 17.2 Å². The van der Waals surface area contributed by atoms with Crippen LogP contribution in [0.2, 0.25) is 5.02 Å². The number of carbonyl (C=O) groups is 2. The highest BCUT2D eigenvalue weighted by Gasteiger charge is 2.17. The van der Waals surface area contributed by atoms with Crippen LogP contribution in [0.5, 0.6) is 11.5 Å². The summed E-state index contributed by atoms with van der Waals surface area (Å²) in [7, 11) is 1.40.